The average Bonchev–Trinajstić information content (AvgIpc) is 3.18. The van der Waals surface area contributed by atoms with E-state index in [1.807, 2.05) is 31.3 Å². The third kappa shape index (κ3) is 3.81. The summed E-state index contributed by atoms with van der Waals surface area (Å²) in [7, 11) is 0. The molecule has 29 heavy (non-hydrogen) atoms. The highest BCUT2D eigenvalue weighted by Crippen LogP contribution is 2.28. The van der Waals surface area contributed by atoms with Crippen LogP contribution in [0.25, 0.3) is 16.6 Å². The predicted octanol–water partition coefficient (Wildman–Crippen LogP) is 3.46. The van der Waals surface area contributed by atoms with Crippen molar-refractivity contribution < 1.29 is 14.3 Å². The Morgan fingerprint density at radius 1 is 1.21 bits per heavy atom. The van der Waals surface area contributed by atoms with Crippen LogP contribution in [0.1, 0.15) is 41.6 Å². The Bertz CT molecular complexity index is 1040. The van der Waals surface area contributed by atoms with Gasteiger partial charge in [-0.05, 0) is 43.5 Å². The molecule has 1 fully saturated rings. The van der Waals surface area contributed by atoms with Crippen LogP contribution in [0.5, 0.6) is 0 Å². The second-order valence-corrected chi connectivity index (χ2v) is 7.26. The SMILES string of the molecule is CCOC(=O)N1CCCC(c2ccc(-n3cc4cccc(C(N)=O)c4n3)cc2)C1. The fourth-order valence-electron chi connectivity index (χ4n) is 3.91. The van der Waals surface area contributed by atoms with Crippen molar-refractivity contribution >= 4 is 22.9 Å². The van der Waals surface area contributed by atoms with Gasteiger partial charge in [-0.1, -0.05) is 24.3 Å². The molecule has 0 saturated carbocycles. The van der Waals surface area contributed by atoms with Crippen LogP contribution in [0.4, 0.5) is 4.79 Å². The van der Waals surface area contributed by atoms with Gasteiger partial charge < -0.3 is 15.4 Å². The highest BCUT2D eigenvalue weighted by atomic mass is 16.6. The number of likely N-dealkylation sites (tertiary alicyclic amines) is 1. The van der Waals surface area contributed by atoms with Crippen molar-refractivity contribution in [2.75, 3.05) is 19.7 Å². The molecule has 2 amide bonds. The van der Waals surface area contributed by atoms with Crippen molar-refractivity contribution in [3.05, 3.63) is 59.8 Å². The molecule has 0 bridgehead atoms. The summed E-state index contributed by atoms with van der Waals surface area (Å²) in [5, 5.41) is 5.41. The van der Waals surface area contributed by atoms with E-state index in [-0.39, 0.29) is 6.09 Å². The first-order valence-corrected chi connectivity index (χ1v) is 9.87. The summed E-state index contributed by atoms with van der Waals surface area (Å²) < 4.78 is 6.90. The standard InChI is InChI=1S/C22H24N4O3/c1-2-29-22(28)25-12-4-6-16(13-25)15-8-10-18(11-9-15)26-14-17-5-3-7-19(21(23)27)20(17)24-26/h3,5,7-11,14,16H,2,4,6,12-13H2,1H3,(H2,23,27). The predicted molar refractivity (Wildman–Crippen MR) is 110 cm³/mol. The molecule has 7 heteroatoms. The molecule has 4 rings (SSSR count). The van der Waals surface area contributed by atoms with Crippen LogP contribution in [0.2, 0.25) is 0 Å². The summed E-state index contributed by atoms with van der Waals surface area (Å²) in [5.41, 5.74) is 8.56. The molecule has 0 spiro atoms. The first kappa shape index (κ1) is 19.0. The van der Waals surface area contributed by atoms with E-state index in [1.165, 1.54) is 5.56 Å². The number of hydrogen-bond acceptors (Lipinski definition) is 4. The molecule has 3 aromatic rings. The minimum Gasteiger partial charge on any atom is -0.450 e. The van der Waals surface area contributed by atoms with Gasteiger partial charge in [-0.2, -0.15) is 5.10 Å². The van der Waals surface area contributed by atoms with E-state index < -0.39 is 5.91 Å². The van der Waals surface area contributed by atoms with Gasteiger partial charge in [-0.15, -0.1) is 0 Å². The number of aromatic nitrogens is 2. The molecule has 2 aromatic carbocycles. The maximum absolute atomic E-state index is 12.0. The number of hydrogen-bond donors (Lipinski definition) is 1. The number of primary amides is 1. The summed E-state index contributed by atoms with van der Waals surface area (Å²) >= 11 is 0. The monoisotopic (exact) mass is 392 g/mol. The lowest BCUT2D eigenvalue weighted by molar-refractivity contribution is 0.0957. The Hall–Kier alpha value is -3.35. The van der Waals surface area contributed by atoms with Gasteiger partial charge in [-0.3, -0.25) is 4.79 Å². The molecule has 1 aromatic heterocycles. The van der Waals surface area contributed by atoms with E-state index in [0.717, 1.165) is 30.5 Å². The second kappa shape index (κ2) is 7.95. The molecule has 1 saturated heterocycles. The molecular formula is C22H24N4O3. The number of amides is 2. The molecule has 2 heterocycles. The van der Waals surface area contributed by atoms with Crippen LogP contribution in [0, 0.1) is 0 Å². The molecule has 150 valence electrons. The quantitative estimate of drug-likeness (QED) is 0.736. The number of carbonyl (C=O) groups excluding carboxylic acids is 2. The van der Waals surface area contributed by atoms with E-state index in [2.05, 4.69) is 17.2 Å². The fraction of sp³-hybridized carbons (Fsp3) is 0.318. The summed E-state index contributed by atoms with van der Waals surface area (Å²) in [6.07, 6.45) is 3.66. The number of nitrogens with two attached hydrogens (primary N) is 1. The normalized spacial score (nSPS) is 16.7. The van der Waals surface area contributed by atoms with Crippen LogP contribution in [0.3, 0.4) is 0 Å². The summed E-state index contributed by atoms with van der Waals surface area (Å²) in [6, 6.07) is 13.6. The molecule has 0 radical (unpaired) electrons. The van der Waals surface area contributed by atoms with Gasteiger partial charge in [0, 0.05) is 30.6 Å². The maximum atomic E-state index is 12.0. The Labute approximate surface area is 169 Å². The van der Waals surface area contributed by atoms with Crippen LogP contribution < -0.4 is 5.73 Å². The molecule has 1 atom stereocenters. The Kier molecular flexibility index (Phi) is 5.20. The Balaban J connectivity index is 1.55. The Morgan fingerprint density at radius 3 is 2.72 bits per heavy atom. The lowest BCUT2D eigenvalue weighted by Crippen LogP contribution is -2.39. The smallest absolute Gasteiger partial charge is 0.409 e. The molecule has 0 aliphatic carbocycles. The zero-order chi connectivity index (χ0) is 20.4. The van der Waals surface area contributed by atoms with E-state index >= 15 is 0 Å². The zero-order valence-electron chi connectivity index (χ0n) is 16.4. The van der Waals surface area contributed by atoms with Gasteiger partial charge in [0.2, 0.25) is 0 Å². The van der Waals surface area contributed by atoms with Crippen molar-refractivity contribution in [3.8, 4) is 5.69 Å². The summed E-state index contributed by atoms with van der Waals surface area (Å²) in [5.74, 6) is -0.194. The highest BCUT2D eigenvalue weighted by molar-refractivity contribution is 6.04. The third-order valence-corrected chi connectivity index (χ3v) is 5.38. The van der Waals surface area contributed by atoms with E-state index in [4.69, 9.17) is 10.5 Å². The number of nitrogens with zero attached hydrogens (tertiary/aromatic N) is 3. The lowest BCUT2D eigenvalue weighted by atomic mass is 9.91. The van der Waals surface area contributed by atoms with Crippen molar-refractivity contribution in [2.45, 2.75) is 25.7 Å². The van der Waals surface area contributed by atoms with E-state index in [9.17, 15) is 9.59 Å². The van der Waals surface area contributed by atoms with Crippen LogP contribution in [-0.4, -0.2) is 46.4 Å². The lowest BCUT2D eigenvalue weighted by Gasteiger charge is -2.32. The van der Waals surface area contributed by atoms with Crippen molar-refractivity contribution in [1.82, 2.24) is 14.7 Å². The number of ether oxygens (including phenoxy) is 1. The van der Waals surface area contributed by atoms with Gasteiger partial charge in [0.05, 0.1) is 17.9 Å². The second-order valence-electron chi connectivity index (χ2n) is 7.26. The van der Waals surface area contributed by atoms with E-state index in [0.29, 0.717) is 30.1 Å². The molecule has 2 N–H and O–H groups in total. The van der Waals surface area contributed by atoms with Crippen LogP contribution in [0.15, 0.2) is 48.7 Å². The largest absolute Gasteiger partial charge is 0.450 e. The number of benzene rings is 2. The van der Waals surface area contributed by atoms with Crippen LogP contribution >= 0.6 is 0 Å². The third-order valence-electron chi connectivity index (χ3n) is 5.38. The minimum atomic E-state index is -0.486. The number of piperidine rings is 1. The molecule has 7 nitrogen and oxygen atoms in total. The van der Waals surface area contributed by atoms with Crippen molar-refractivity contribution in [3.63, 3.8) is 0 Å². The number of rotatable bonds is 4. The van der Waals surface area contributed by atoms with Crippen molar-refractivity contribution in [2.24, 2.45) is 5.73 Å². The first-order valence-electron chi connectivity index (χ1n) is 9.87. The topological polar surface area (TPSA) is 90.5 Å². The van der Waals surface area contributed by atoms with E-state index in [1.54, 1.807) is 21.7 Å². The molecular weight excluding hydrogens is 368 g/mol. The van der Waals surface area contributed by atoms with Gasteiger partial charge >= 0.3 is 6.09 Å². The van der Waals surface area contributed by atoms with Gasteiger partial charge in [0.1, 0.15) is 5.52 Å². The minimum absolute atomic E-state index is 0.234. The zero-order valence-corrected chi connectivity index (χ0v) is 16.4. The van der Waals surface area contributed by atoms with Gasteiger partial charge in [0.25, 0.3) is 5.91 Å². The number of fused-ring (bicyclic) bond motifs is 1. The molecule has 1 aliphatic heterocycles. The molecule has 1 aliphatic rings. The first-order chi connectivity index (χ1) is 14.1. The summed E-state index contributed by atoms with van der Waals surface area (Å²) in [4.78, 5) is 25.5. The average molecular weight is 392 g/mol. The maximum Gasteiger partial charge on any atom is 0.409 e. The Morgan fingerprint density at radius 2 is 2.00 bits per heavy atom. The van der Waals surface area contributed by atoms with Crippen LogP contribution in [-0.2, 0) is 4.74 Å². The van der Waals surface area contributed by atoms with Gasteiger partial charge in [-0.25, -0.2) is 9.48 Å². The summed E-state index contributed by atoms with van der Waals surface area (Å²) in [6.45, 7) is 3.63. The highest BCUT2D eigenvalue weighted by Gasteiger charge is 2.25. The fourth-order valence-corrected chi connectivity index (χ4v) is 3.91. The molecule has 1 unspecified atom stereocenters. The van der Waals surface area contributed by atoms with Gasteiger partial charge in [0.15, 0.2) is 0 Å². The number of carbonyl (C=O) groups is 2. The van der Waals surface area contributed by atoms with Crippen molar-refractivity contribution in [1.29, 1.82) is 0 Å².